The van der Waals surface area contributed by atoms with Crippen LogP contribution in [-0.4, -0.2) is 56.2 Å². The van der Waals surface area contributed by atoms with Gasteiger partial charge in [-0.1, -0.05) is 15.9 Å². The van der Waals surface area contributed by atoms with Crippen molar-refractivity contribution < 1.29 is 4.74 Å². The van der Waals surface area contributed by atoms with E-state index >= 15 is 0 Å². The summed E-state index contributed by atoms with van der Waals surface area (Å²) in [4.78, 5) is 2.32. The van der Waals surface area contributed by atoms with Gasteiger partial charge in [0.15, 0.2) is 0 Å². The van der Waals surface area contributed by atoms with Crippen molar-refractivity contribution in [3.05, 3.63) is 0 Å². The van der Waals surface area contributed by atoms with E-state index in [9.17, 15) is 0 Å². The van der Waals surface area contributed by atoms with Crippen LogP contribution in [0.4, 0.5) is 0 Å². The van der Waals surface area contributed by atoms with Gasteiger partial charge in [0.25, 0.3) is 0 Å². The zero-order valence-corrected chi connectivity index (χ0v) is 9.85. The summed E-state index contributed by atoms with van der Waals surface area (Å²) in [5.74, 6) is 0. The molecule has 0 aliphatic carbocycles. The first-order valence-corrected chi connectivity index (χ1v) is 6.02. The summed E-state index contributed by atoms with van der Waals surface area (Å²) in [6.07, 6.45) is 1.57. The molecular weight excluding hydrogens is 232 g/mol. The maximum atomic E-state index is 5.61. The standard InChI is InChI=1S/C9H19BrN2O/c1-12-5-6-13-9(8-12)7-11-4-2-3-10/h9,11H,2-8H2,1H3. The second-order valence-electron chi connectivity index (χ2n) is 3.50. The zero-order valence-electron chi connectivity index (χ0n) is 8.26. The van der Waals surface area contributed by atoms with Gasteiger partial charge in [0.2, 0.25) is 0 Å². The molecule has 1 N–H and O–H groups in total. The average molecular weight is 251 g/mol. The average Bonchev–Trinajstić information content (AvgIpc) is 2.13. The fourth-order valence-corrected chi connectivity index (χ4v) is 1.73. The third kappa shape index (κ3) is 4.96. The maximum Gasteiger partial charge on any atom is 0.0826 e. The second kappa shape index (κ2) is 6.76. The number of nitrogens with one attached hydrogen (secondary N) is 1. The van der Waals surface area contributed by atoms with Crippen molar-refractivity contribution in [1.29, 1.82) is 0 Å². The molecule has 1 rings (SSSR count). The Bertz CT molecular complexity index is 135. The summed E-state index contributed by atoms with van der Waals surface area (Å²) in [5.41, 5.74) is 0. The van der Waals surface area contributed by atoms with Crippen molar-refractivity contribution in [3.8, 4) is 0 Å². The van der Waals surface area contributed by atoms with Crippen molar-refractivity contribution in [2.45, 2.75) is 12.5 Å². The van der Waals surface area contributed by atoms with Crippen LogP contribution in [0.3, 0.4) is 0 Å². The van der Waals surface area contributed by atoms with Crippen molar-refractivity contribution >= 4 is 15.9 Å². The lowest BCUT2D eigenvalue weighted by Crippen LogP contribution is -2.44. The lowest BCUT2D eigenvalue weighted by Gasteiger charge is -2.30. The van der Waals surface area contributed by atoms with E-state index in [0.29, 0.717) is 6.10 Å². The van der Waals surface area contributed by atoms with Gasteiger partial charge in [-0.25, -0.2) is 0 Å². The summed E-state index contributed by atoms with van der Waals surface area (Å²) in [7, 11) is 2.15. The van der Waals surface area contributed by atoms with Gasteiger partial charge in [0.05, 0.1) is 12.7 Å². The number of likely N-dealkylation sites (N-methyl/N-ethyl adjacent to an activating group) is 1. The van der Waals surface area contributed by atoms with E-state index in [4.69, 9.17) is 4.74 Å². The van der Waals surface area contributed by atoms with Crippen molar-refractivity contribution in [3.63, 3.8) is 0 Å². The van der Waals surface area contributed by atoms with Gasteiger partial charge in [0.1, 0.15) is 0 Å². The summed E-state index contributed by atoms with van der Waals surface area (Å²) < 4.78 is 5.61. The fraction of sp³-hybridized carbons (Fsp3) is 1.00. The smallest absolute Gasteiger partial charge is 0.0826 e. The first-order chi connectivity index (χ1) is 6.33. The lowest BCUT2D eigenvalue weighted by molar-refractivity contribution is -0.0179. The quantitative estimate of drug-likeness (QED) is 0.575. The predicted octanol–water partition coefficient (Wildman–Crippen LogP) is 0.692. The number of hydrogen-bond acceptors (Lipinski definition) is 3. The van der Waals surface area contributed by atoms with E-state index in [1.807, 2.05) is 0 Å². The number of rotatable bonds is 5. The van der Waals surface area contributed by atoms with E-state index in [-0.39, 0.29) is 0 Å². The summed E-state index contributed by atoms with van der Waals surface area (Å²) in [6.45, 7) is 5.06. The molecule has 13 heavy (non-hydrogen) atoms. The third-order valence-corrected chi connectivity index (χ3v) is 2.76. The molecule has 0 aromatic carbocycles. The summed E-state index contributed by atoms with van der Waals surface area (Å²) >= 11 is 3.41. The molecule has 0 aromatic heterocycles. The Morgan fingerprint density at radius 2 is 2.46 bits per heavy atom. The topological polar surface area (TPSA) is 24.5 Å². The van der Waals surface area contributed by atoms with E-state index in [1.54, 1.807) is 0 Å². The highest BCUT2D eigenvalue weighted by molar-refractivity contribution is 9.09. The minimum atomic E-state index is 0.383. The Morgan fingerprint density at radius 1 is 1.62 bits per heavy atom. The molecular formula is C9H19BrN2O. The first-order valence-electron chi connectivity index (χ1n) is 4.89. The molecule has 1 saturated heterocycles. The monoisotopic (exact) mass is 250 g/mol. The van der Waals surface area contributed by atoms with Gasteiger partial charge < -0.3 is 15.0 Å². The SMILES string of the molecule is CN1CCOC(CNCCCBr)C1. The molecule has 0 spiro atoms. The number of ether oxygens (including phenoxy) is 1. The van der Waals surface area contributed by atoms with E-state index in [1.165, 1.54) is 6.42 Å². The normalized spacial score (nSPS) is 24.9. The summed E-state index contributed by atoms with van der Waals surface area (Å²) in [5, 5.41) is 4.47. The molecule has 0 saturated carbocycles. The number of alkyl halides is 1. The summed E-state index contributed by atoms with van der Waals surface area (Å²) in [6, 6.07) is 0. The maximum absolute atomic E-state index is 5.61. The molecule has 1 aliphatic heterocycles. The molecule has 0 radical (unpaired) electrons. The Labute approximate surface area is 88.9 Å². The minimum Gasteiger partial charge on any atom is -0.374 e. The highest BCUT2D eigenvalue weighted by Gasteiger charge is 2.16. The van der Waals surface area contributed by atoms with Gasteiger partial charge >= 0.3 is 0 Å². The molecule has 0 aromatic rings. The van der Waals surface area contributed by atoms with Crippen LogP contribution in [0.15, 0.2) is 0 Å². The van der Waals surface area contributed by atoms with Crippen LogP contribution in [0.2, 0.25) is 0 Å². The van der Waals surface area contributed by atoms with Gasteiger partial charge in [-0.15, -0.1) is 0 Å². The number of nitrogens with zero attached hydrogens (tertiary/aromatic N) is 1. The Balaban J connectivity index is 2.00. The molecule has 0 amide bonds. The second-order valence-corrected chi connectivity index (χ2v) is 4.29. The molecule has 1 fully saturated rings. The minimum absolute atomic E-state index is 0.383. The highest BCUT2D eigenvalue weighted by Crippen LogP contribution is 2.01. The van der Waals surface area contributed by atoms with E-state index in [2.05, 4.69) is 33.2 Å². The van der Waals surface area contributed by atoms with Crippen LogP contribution in [0.1, 0.15) is 6.42 Å². The Hall–Kier alpha value is 0.360. The van der Waals surface area contributed by atoms with Crippen LogP contribution >= 0.6 is 15.9 Å². The van der Waals surface area contributed by atoms with E-state index < -0.39 is 0 Å². The van der Waals surface area contributed by atoms with Gasteiger partial charge in [-0.2, -0.15) is 0 Å². The largest absolute Gasteiger partial charge is 0.374 e. The van der Waals surface area contributed by atoms with Crippen LogP contribution < -0.4 is 5.32 Å². The Morgan fingerprint density at radius 3 is 3.15 bits per heavy atom. The Kier molecular flexibility index (Phi) is 5.95. The number of halogens is 1. The van der Waals surface area contributed by atoms with Crippen LogP contribution in [0.5, 0.6) is 0 Å². The molecule has 4 heteroatoms. The molecule has 1 atom stereocenters. The number of hydrogen-bond donors (Lipinski definition) is 1. The van der Waals surface area contributed by atoms with Gasteiger partial charge in [0, 0.05) is 25.0 Å². The molecule has 1 unspecified atom stereocenters. The van der Waals surface area contributed by atoms with Gasteiger partial charge in [-0.3, -0.25) is 0 Å². The van der Waals surface area contributed by atoms with Crippen molar-refractivity contribution in [2.24, 2.45) is 0 Å². The van der Waals surface area contributed by atoms with E-state index in [0.717, 1.165) is 38.1 Å². The van der Waals surface area contributed by atoms with Crippen LogP contribution in [0, 0.1) is 0 Å². The molecule has 3 nitrogen and oxygen atoms in total. The van der Waals surface area contributed by atoms with Gasteiger partial charge in [-0.05, 0) is 20.0 Å². The van der Waals surface area contributed by atoms with Crippen molar-refractivity contribution in [2.75, 3.05) is 45.2 Å². The number of morpholine rings is 1. The van der Waals surface area contributed by atoms with Crippen molar-refractivity contribution in [1.82, 2.24) is 10.2 Å². The predicted molar refractivity (Wildman–Crippen MR) is 58.5 cm³/mol. The zero-order chi connectivity index (χ0) is 9.52. The molecule has 1 aliphatic rings. The first kappa shape index (κ1) is 11.4. The molecule has 78 valence electrons. The molecule has 1 heterocycles. The van der Waals surface area contributed by atoms with Crippen LogP contribution in [0.25, 0.3) is 0 Å². The highest BCUT2D eigenvalue weighted by atomic mass is 79.9. The third-order valence-electron chi connectivity index (χ3n) is 2.20. The fourth-order valence-electron chi connectivity index (χ4n) is 1.45. The van der Waals surface area contributed by atoms with Crippen LogP contribution in [-0.2, 0) is 4.74 Å². The lowest BCUT2D eigenvalue weighted by atomic mass is 10.3. The molecule has 0 bridgehead atoms.